The number of hydrogen-bond donors (Lipinski definition) is 1. The van der Waals surface area contributed by atoms with E-state index in [1.807, 2.05) is 43.5 Å². The molecule has 0 aliphatic carbocycles. The molecule has 0 bridgehead atoms. The van der Waals surface area contributed by atoms with Gasteiger partial charge in [0.1, 0.15) is 5.75 Å². The first-order valence-corrected chi connectivity index (χ1v) is 6.21. The monoisotopic (exact) mass is 242 g/mol. The third-order valence-corrected chi connectivity index (χ3v) is 2.57. The molecule has 1 heterocycles. The van der Waals surface area contributed by atoms with Gasteiger partial charge in [-0.3, -0.25) is 4.98 Å². The van der Waals surface area contributed by atoms with Gasteiger partial charge in [-0.2, -0.15) is 0 Å². The van der Waals surface area contributed by atoms with E-state index in [0.29, 0.717) is 6.61 Å². The number of rotatable bonds is 6. The molecule has 1 aromatic carbocycles. The van der Waals surface area contributed by atoms with Gasteiger partial charge in [0.2, 0.25) is 0 Å². The number of nitrogens with one attached hydrogen (secondary N) is 1. The van der Waals surface area contributed by atoms with Crippen molar-refractivity contribution in [3.8, 4) is 5.75 Å². The van der Waals surface area contributed by atoms with E-state index in [9.17, 15) is 0 Å². The fraction of sp³-hybridized carbons (Fsp3) is 0.267. The van der Waals surface area contributed by atoms with Crippen LogP contribution < -0.4 is 10.1 Å². The van der Waals surface area contributed by atoms with Crippen molar-refractivity contribution in [2.45, 2.75) is 20.0 Å². The Morgan fingerprint density at radius 1 is 1.11 bits per heavy atom. The maximum atomic E-state index is 5.47. The van der Waals surface area contributed by atoms with Crippen LogP contribution in [-0.4, -0.2) is 11.6 Å². The van der Waals surface area contributed by atoms with Crippen molar-refractivity contribution in [1.82, 2.24) is 10.3 Å². The summed E-state index contributed by atoms with van der Waals surface area (Å²) in [5.74, 6) is 0.926. The van der Waals surface area contributed by atoms with Crippen LogP contribution in [0, 0.1) is 0 Å². The molecule has 1 aromatic heterocycles. The Bertz CT molecular complexity index is 471. The Morgan fingerprint density at radius 2 is 2.06 bits per heavy atom. The maximum Gasteiger partial charge on any atom is 0.119 e. The van der Waals surface area contributed by atoms with Gasteiger partial charge in [-0.1, -0.05) is 18.2 Å². The van der Waals surface area contributed by atoms with Gasteiger partial charge in [-0.05, 0) is 36.8 Å². The Hall–Kier alpha value is -1.87. The third kappa shape index (κ3) is 3.86. The number of nitrogens with zero attached hydrogens (tertiary/aromatic N) is 1. The van der Waals surface area contributed by atoms with Crippen LogP contribution in [-0.2, 0) is 13.1 Å². The number of aromatic nitrogens is 1. The summed E-state index contributed by atoms with van der Waals surface area (Å²) < 4.78 is 5.47. The zero-order valence-corrected chi connectivity index (χ0v) is 10.6. The topological polar surface area (TPSA) is 34.1 Å². The van der Waals surface area contributed by atoms with Gasteiger partial charge in [0.25, 0.3) is 0 Å². The third-order valence-electron chi connectivity index (χ3n) is 2.57. The summed E-state index contributed by atoms with van der Waals surface area (Å²) in [7, 11) is 0. The van der Waals surface area contributed by atoms with E-state index >= 15 is 0 Å². The highest BCUT2D eigenvalue weighted by Gasteiger charge is 1.97. The quantitative estimate of drug-likeness (QED) is 0.845. The molecule has 0 aliphatic rings. The number of ether oxygens (including phenoxy) is 1. The smallest absolute Gasteiger partial charge is 0.119 e. The van der Waals surface area contributed by atoms with Gasteiger partial charge < -0.3 is 10.1 Å². The highest BCUT2D eigenvalue weighted by molar-refractivity contribution is 5.28. The van der Waals surface area contributed by atoms with E-state index in [1.54, 1.807) is 0 Å². The Labute approximate surface area is 108 Å². The molecule has 18 heavy (non-hydrogen) atoms. The molecule has 3 nitrogen and oxygen atoms in total. The summed E-state index contributed by atoms with van der Waals surface area (Å²) in [4.78, 5) is 4.27. The number of hydrogen-bond acceptors (Lipinski definition) is 3. The van der Waals surface area contributed by atoms with Crippen molar-refractivity contribution in [3.05, 3.63) is 59.9 Å². The lowest BCUT2D eigenvalue weighted by Gasteiger charge is -2.07. The minimum absolute atomic E-state index is 0.699. The van der Waals surface area contributed by atoms with Crippen LogP contribution >= 0.6 is 0 Å². The van der Waals surface area contributed by atoms with Crippen molar-refractivity contribution < 1.29 is 4.74 Å². The van der Waals surface area contributed by atoms with Gasteiger partial charge in [-0.25, -0.2) is 0 Å². The first kappa shape index (κ1) is 12.6. The maximum absolute atomic E-state index is 5.47. The van der Waals surface area contributed by atoms with Crippen molar-refractivity contribution in [1.29, 1.82) is 0 Å². The first-order valence-electron chi connectivity index (χ1n) is 6.21. The molecule has 1 N–H and O–H groups in total. The minimum atomic E-state index is 0.699. The van der Waals surface area contributed by atoms with Gasteiger partial charge in [-0.15, -0.1) is 0 Å². The SMILES string of the molecule is CCOc1cccc(CNCc2ccccn2)c1. The van der Waals surface area contributed by atoms with E-state index in [-0.39, 0.29) is 0 Å². The van der Waals surface area contributed by atoms with E-state index in [1.165, 1.54) is 5.56 Å². The van der Waals surface area contributed by atoms with Crippen LogP contribution in [0.1, 0.15) is 18.2 Å². The predicted molar refractivity (Wildman–Crippen MR) is 72.4 cm³/mol. The molecule has 94 valence electrons. The predicted octanol–water partition coefficient (Wildman–Crippen LogP) is 2.77. The molecule has 0 saturated carbocycles. The zero-order chi connectivity index (χ0) is 12.6. The van der Waals surface area contributed by atoms with Crippen LogP contribution in [0.4, 0.5) is 0 Å². The Balaban J connectivity index is 1.84. The van der Waals surface area contributed by atoms with Crippen LogP contribution in [0.15, 0.2) is 48.7 Å². The Morgan fingerprint density at radius 3 is 2.83 bits per heavy atom. The summed E-state index contributed by atoms with van der Waals surface area (Å²) in [6, 6.07) is 14.1. The fourth-order valence-corrected chi connectivity index (χ4v) is 1.75. The van der Waals surface area contributed by atoms with E-state index in [4.69, 9.17) is 4.74 Å². The van der Waals surface area contributed by atoms with Crippen LogP contribution in [0.25, 0.3) is 0 Å². The van der Waals surface area contributed by atoms with E-state index in [2.05, 4.69) is 22.4 Å². The molecule has 0 amide bonds. The standard InChI is InChI=1S/C15H18N2O/c1-2-18-15-8-5-6-13(10-15)11-16-12-14-7-3-4-9-17-14/h3-10,16H,2,11-12H2,1H3. The molecule has 0 atom stereocenters. The molecule has 2 aromatic rings. The second-order valence-corrected chi connectivity index (χ2v) is 4.01. The first-order chi connectivity index (χ1) is 8.88. The average molecular weight is 242 g/mol. The highest BCUT2D eigenvalue weighted by Crippen LogP contribution is 2.13. The fourth-order valence-electron chi connectivity index (χ4n) is 1.75. The van der Waals surface area contributed by atoms with Crippen LogP contribution in [0.2, 0.25) is 0 Å². The second kappa shape index (κ2) is 6.77. The molecule has 0 saturated heterocycles. The van der Waals surface area contributed by atoms with Crippen molar-refractivity contribution in [2.75, 3.05) is 6.61 Å². The lowest BCUT2D eigenvalue weighted by atomic mass is 10.2. The summed E-state index contributed by atoms with van der Waals surface area (Å²) in [5.41, 5.74) is 2.27. The lowest BCUT2D eigenvalue weighted by molar-refractivity contribution is 0.340. The summed E-state index contributed by atoms with van der Waals surface area (Å²) in [5, 5.41) is 3.37. The summed E-state index contributed by atoms with van der Waals surface area (Å²) in [6.07, 6.45) is 1.81. The van der Waals surface area contributed by atoms with Crippen molar-refractivity contribution in [3.63, 3.8) is 0 Å². The summed E-state index contributed by atoms with van der Waals surface area (Å²) in [6.45, 7) is 4.29. The molecule has 0 spiro atoms. The average Bonchev–Trinajstić information content (AvgIpc) is 2.41. The molecule has 0 radical (unpaired) electrons. The van der Waals surface area contributed by atoms with Crippen molar-refractivity contribution >= 4 is 0 Å². The van der Waals surface area contributed by atoms with Crippen molar-refractivity contribution in [2.24, 2.45) is 0 Å². The number of pyridine rings is 1. The number of benzene rings is 1. The molecular formula is C15H18N2O. The molecule has 3 heteroatoms. The largest absolute Gasteiger partial charge is 0.494 e. The van der Waals surface area contributed by atoms with Crippen LogP contribution in [0.5, 0.6) is 5.75 Å². The molecule has 2 rings (SSSR count). The lowest BCUT2D eigenvalue weighted by Crippen LogP contribution is -2.13. The molecular weight excluding hydrogens is 224 g/mol. The Kier molecular flexibility index (Phi) is 4.73. The van der Waals surface area contributed by atoms with E-state index < -0.39 is 0 Å². The second-order valence-electron chi connectivity index (χ2n) is 4.01. The zero-order valence-electron chi connectivity index (χ0n) is 10.6. The van der Waals surface area contributed by atoms with Gasteiger partial charge in [0.05, 0.1) is 12.3 Å². The van der Waals surface area contributed by atoms with Gasteiger partial charge >= 0.3 is 0 Å². The molecule has 0 unspecified atom stereocenters. The normalized spacial score (nSPS) is 10.3. The van der Waals surface area contributed by atoms with Gasteiger partial charge in [0.15, 0.2) is 0 Å². The van der Waals surface area contributed by atoms with E-state index in [0.717, 1.165) is 24.5 Å². The molecule has 0 fully saturated rings. The molecule has 0 aliphatic heterocycles. The van der Waals surface area contributed by atoms with Crippen LogP contribution in [0.3, 0.4) is 0 Å². The van der Waals surface area contributed by atoms with Gasteiger partial charge in [0, 0.05) is 19.3 Å². The summed E-state index contributed by atoms with van der Waals surface area (Å²) >= 11 is 0. The minimum Gasteiger partial charge on any atom is -0.494 e. The highest BCUT2D eigenvalue weighted by atomic mass is 16.5.